The van der Waals surface area contributed by atoms with Crippen molar-refractivity contribution in [1.29, 1.82) is 0 Å². The quantitative estimate of drug-likeness (QED) is 0.443. The zero-order chi connectivity index (χ0) is 23.4. The minimum atomic E-state index is -0.168. The third-order valence-electron chi connectivity index (χ3n) is 5.72. The van der Waals surface area contributed by atoms with Gasteiger partial charge in [-0.25, -0.2) is 4.79 Å². The Morgan fingerprint density at radius 1 is 1.19 bits per heavy atom. The lowest BCUT2D eigenvalue weighted by atomic mass is 10.1. The SMILES string of the molecule is C=CCN1c2ccccc2N(C(=O)N(CCC(C)C)c2ccc(OC)c(OC)c2Cl)C1C. The first-order chi connectivity index (χ1) is 15.3. The zero-order valence-corrected chi connectivity index (χ0v) is 20.2. The molecule has 7 heteroatoms. The highest BCUT2D eigenvalue weighted by molar-refractivity contribution is 6.35. The third kappa shape index (κ3) is 4.37. The van der Waals surface area contributed by atoms with E-state index >= 15 is 0 Å². The molecule has 0 saturated heterocycles. The number of hydrogen-bond donors (Lipinski definition) is 0. The van der Waals surface area contributed by atoms with E-state index < -0.39 is 0 Å². The lowest BCUT2D eigenvalue weighted by Crippen LogP contribution is -2.51. The largest absolute Gasteiger partial charge is 0.493 e. The van der Waals surface area contributed by atoms with Crippen molar-refractivity contribution >= 4 is 34.7 Å². The fourth-order valence-electron chi connectivity index (χ4n) is 4.03. The summed E-state index contributed by atoms with van der Waals surface area (Å²) in [5, 5.41) is 0.354. The Morgan fingerprint density at radius 2 is 1.88 bits per heavy atom. The van der Waals surface area contributed by atoms with E-state index in [2.05, 4.69) is 25.3 Å². The summed E-state index contributed by atoms with van der Waals surface area (Å²) in [6, 6.07) is 11.4. The van der Waals surface area contributed by atoms with Crippen LogP contribution in [-0.4, -0.2) is 39.5 Å². The molecule has 1 aliphatic heterocycles. The number of anilines is 3. The highest BCUT2D eigenvalue weighted by atomic mass is 35.5. The van der Waals surface area contributed by atoms with Crippen LogP contribution in [0.4, 0.5) is 21.9 Å². The van der Waals surface area contributed by atoms with E-state index in [-0.39, 0.29) is 12.2 Å². The van der Waals surface area contributed by atoms with Gasteiger partial charge in [-0.2, -0.15) is 0 Å². The van der Waals surface area contributed by atoms with Crippen molar-refractivity contribution in [1.82, 2.24) is 0 Å². The maximum absolute atomic E-state index is 14.1. The monoisotopic (exact) mass is 457 g/mol. The van der Waals surface area contributed by atoms with Crippen LogP contribution in [0.2, 0.25) is 5.02 Å². The lowest BCUT2D eigenvalue weighted by molar-refractivity contribution is 0.249. The summed E-state index contributed by atoms with van der Waals surface area (Å²) in [6.45, 7) is 11.4. The van der Waals surface area contributed by atoms with Gasteiger partial charge in [0.2, 0.25) is 0 Å². The number of para-hydroxylation sites is 2. The van der Waals surface area contributed by atoms with E-state index in [4.69, 9.17) is 21.1 Å². The van der Waals surface area contributed by atoms with Crippen LogP contribution < -0.4 is 24.2 Å². The molecule has 0 fully saturated rings. The fourth-order valence-corrected chi connectivity index (χ4v) is 4.36. The molecule has 0 aliphatic carbocycles. The second-order valence-electron chi connectivity index (χ2n) is 8.18. The van der Waals surface area contributed by atoms with E-state index in [1.165, 1.54) is 0 Å². The van der Waals surface area contributed by atoms with Crippen molar-refractivity contribution in [2.75, 3.05) is 42.0 Å². The third-order valence-corrected chi connectivity index (χ3v) is 6.09. The van der Waals surface area contributed by atoms with Gasteiger partial charge >= 0.3 is 6.03 Å². The molecule has 1 atom stereocenters. The van der Waals surface area contributed by atoms with Gasteiger partial charge in [0, 0.05) is 13.1 Å². The van der Waals surface area contributed by atoms with Crippen molar-refractivity contribution in [3.8, 4) is 11.5 Å². The van der Waals surface area contributed by atoms with Crippen LogP contribution in [0.3, 0.4) is 0 Å². The number of fused-ring (bicyclic) bond motifs is 1. The highest BCUT2D eigenvalue weighted by Gasteiger charge is 2.39. The van der Waals surface area contributed by atoms with E-state index in [9.17, 15) is 4.79 Å². The van der Waals surface area contributed by atoms with Crippen LogP contribution in [-0.2, 0) is 0 Å². The van der Waals surface area contributed by atoms with Gasteiger partial charge in [-0.3, -0.25) is 9.80 Å². The minimum absolute atomic E-state index is 0.133. The van der Waals surface area contributed by atoms with Crippen LogP contribution in [0, 0.1) is 5.92 Å². The molecule has 1 unspecified atom stereocenters. The molecule has 32 heavy (non-hydrogen) atoms. The Balaban J connectivity index is 2.07. The molecule has 1 aliphatic rings. The number of urea groups is 1. The van der Waals surface area contributed by atoms with Gasteiger partial charge in [0.05, 0.1) is 31.3 Å². The number of ether oxygens (including phenoxy) is 2. The normalized spacial score (nSPS) is 15.0. The first kappa shape index (κ1) is 23.8. The Bertz CT molecular complexity index is 979. The Labute approximate surface area is 196 Å². The first-order valence-corrected chi connectivity index (χ1v) is 11.2. The van der Waals surface area contributed by atoms with Crippen molar-refractivity contribution in [3.63, 3.8) is 0 Å². The van der Waals surface area contributed by atoms with Gasteiger partial charge in [0.25, 0.3) is 0 Å². The average molecular weight is 458 g/mol. The number of benzene rings is 2. The molecule has 0 saturated carbocycles. The molecule has 0 spiro atoms. The number of hydrogen-bond acceptors (Lipinski definition) is 4. The second-order valence-corrected chi connectivity index (χ2v) is 8.56. The summed E-state index contributed by atoms with van der Waals surface area (Å²) >= 11 is 6.73. The molecule has 2 aromatic rings. The minimum Gasteiger partial charge on any atom is -0.493 e. The Hall–Kier alpha value is -2.86. The fraction of sp³-hybridized carbons (Fsp3) is 0.400. The molecule has 6 nitrogen and oxygen atoms in total. The van der Waals surface area contributed by atoms with Gasteiger partial charge in [-0.15, -0.1) is 6.58 Å². The van der Waals surface area contributed by atoms with Crippen molar-refractivity contribution in [2.45, 2.75) is 33.4 Å². The molecule has 2 aromatic carbocycles. The Kier molecular flexibility index (Phi) is 7.56. The van der Waals surface area contributed by atoms with Gasteiger partial charge in [-0.1, -0.05) is 43.7 Å². The number of amides is 2. The smallest absolute Gasteiger partial charge is 0.330 e. The first-order valence-electron chi connectivity index (χ1n) is 10.8. The molecule has 2 amide bonds. The van der Waals surface area contributed by atoms with Gasteiger partial charge in [-0.05, 0) is 43.5 Å². The molecule has 0 N–H and O–H groups in total. The highest BCUT2D eigenvalue weighted by Crippen LogP contribution is 2.44. The molecular formula is C25H32ClN3O3. The summed E-state index contributed by atoms with van der Waals surface area (Å²) in [7, 11) is 3.10. The summed E-state index contributed by atoms with van der Waals surface area (Å²) in [4.78, 5) is 19.8. The number of halogens is 1. The summed E-state index contributed by atoms with van der Waals surface area (Å²) in [5.74, 6) is 1.36. The number of methoxy groups -OCH3 is 2. The van der Waals surface area contributed by atoms with E-state index in [1.807, 2.05) is 48.2 Å². The van der Waals surface area contributed by atoms with Gasteiger partial charge in [0.15, 0.2) is 11.5 Å². The van der Waals surface area contributed by atoms with E-state index in [1.54, 1.807) is 25.2 Å². The molecule has 0 aromatic heterocycles. The van der Waals surface area contributed by atoms with Gasteiger partial charge in [0.1, 0.15) is 11.2 Å². The maximum atomic E-state index is 14.1. The molecular weight excluding hydrogens is 426 g/mol. The number of nitrogens with zero attached hydrogens (tertiary/aromatic N) is 3. The van der Waals surface area contributed by atoms with Crippen LogP contribution in [0.5, 0.6) is 11.5 Å². The predicted molar refractivity (Wildman–Crippen MR) is 133 cm³/mol. The number of carbonyl (C=O) groups is 1. The van der Waals surface area contributed by atoms with Crippen LogP contribution in [0.15, 0.2) is 49.1 Å². The summed E-state index contributed by atoms with van der Waals surface area (Å²) in [5.41, 5.74) is 2.48. The molecule has 0 bridgehead atoms. The molecule has 0 radical (unpaired) electrons. The van der Waals surface area contributed by atoms with Gasteiger partial charge < -0.3 is 14.4 Å². The summed E-state index contributed by atoms with van der Waals surface area (Å²) in [6.07, 6.45) is 2.51. The number of carbonyl (C=O) groups excluding carboxylic acids is 1. The maximum Gasteiger partial charge on any atom is 0.330 e. The van der Waals surface area contributed by atoms with Crippen LogP contribution in [0.25, 0.3) is 0 Å². The molecule has 3 rings (SSSR count). The topological polar surface area (TPSA) is 45.2 Å². The summed E-state index contributed by atoms with van der Waals surface area (Å²) < 4.78 is 10.9. The van der Waals surface area contributed by atoms with E-state index in [0.717, 1.165) is 17.8 Å². The number of rotatable bonds is 8. The van der Waals surface area contributed by atoms with Crippen molar-refractivity contribution in [3.05, 3.63) is 54.1 Å². The van der Waals surface area contributed by atoms with E-state index in [0.29, 0.717) is 41.2 Å². The standard InChI is InChI=1S/C25H32ClN3O3/c1-7-15-27-18(4)29(20-11-9-8-10-19(20)27)25(30)28(16-14-17(2)3)21-12-13-22(31-5)24(32-6)23(21)26/h7-13,17-18H,1,14-16H2,2-6H3. The van der Waals surface area contributed by atoms with Crippen molar-refractivity contribution in [2.24, 2.45) is 5.92 Å². The molecule has 1 heterocycles. The second kappa shape index (κ2) is 10.2. The van der Waals surface area contributed by atoms with Crippen molar-refractivity contribution < 1.29 is 14.3 Å². The van der Waals surface area contributed by atoms with Crippen LogP contribution in [0.1, 0.15) is 27.2 Å². The predicted octanol–water partition coefficient (Wildman–Crippen LogP) is 6.19. The van der Waals surface area contributed by atoms with Crippen LogP contribution >= 0.6 is 11.6 Å². The Morgan fingerprint density at radius 3 is 2.47 bits per heavy atom. The zero-order valence-electron chi connectivity index (χ0n) is 19.5. The molecule has 172 valence electrons. The average Bonchev–Trinajstić information content (AvgIpc) is 3.05. The lowest BCUT2D eigenvalue weighted by Gasteiger charge is -2.34.